The Morgan fingerprint density at radius 3 is 2.10 bits per heavy atom. The van der Waals surface area contributed by atoms with Gasteiger partial charge in [0.05, 0.1) is 12.3 Å². The highest BCUT2D eigenvalue weighted by Gasteiger charge is 2.16. The smallest absolute Gasteiger partial charge is 0.271 e. The van der Waals surface area contributed by atoms with Crippen molar-refractivity contribution < 1.29 is 19.1 Å². The molecule has 3 rings (SSSR count). The van der Waals surface area contributed by atoms with Crippen LogP contribution in [0.25, 0.3) is 0 Å². The second-order valence-corrected chi connectivity index (χ2v) is 7.35. The van der Waals surface area contributed by atoms with Crippen molar-refractivity contribution >= 4 is 17.5 Å². The van der Waals surface area contributed by atoms with Gasteiger partial charge in [-0.1, -0.05) is 0 Å². The molecule has 0 spiro atoms. The Morgan fingerprint density at radius 2 is 1.48 bits per heavy atom. The first-order chi connectivity index (χ1) is 15.1. The van der Waals surface area contributed by atoms with E-state index in [4.69, 9.17) is 9.47 Å². The molecule has 1 heterocycles. The van der Waals surface area contributed by atoms with E-state index in [0.29, 0.717) is 23.6 Å². The number of ether oxygens (including phenoxy) is 2. The number of hydrogen-bond acceptors (Lipinski definition) is 5. The summed E-state index contributed by atoms with van der Waals surface area (Å²) in [6, 6.07) is 14.2. The molecule has 7 heteroatoms. The van der Waals surface area contributed by atoms with Crippen LogP contribution in [-0.2, 0) is 4.79 Å². The normalized spacial score (nSPS) is 14.1. The number of hydrogen-bond donors (Lipinski definition) is 1. The minimum Gasteiger partial charge on any atom is -0.494 e. The lowest BCUT2D eigenvalue weighted by atomic mass is 10.1. The average molecular weight is 424 g/mol. The van der Waals surface area contributed by atoms with Crippen LogP contribution in [0.5, 0.6) is 11.5 Å². The minimum absolute atomic E-state index is 0.0264. The van der Waals surface area contributed by atoms with Crippen LogP contribution in [-0.4, -0.2) is 48.7 Å². The molecule has 2 amide bonds. The van der Waals surface area contributed by atoms with Crippen molar-refractivity contribution in [2.45, 2.75) is 33.1 Å². The SMILES string of the molecule is CCOc1ccc(C(=O)N/N=C(/C)c2ccc(OCC(=O)N3CCCCC3)cc2)cc1. The summed E-state index contributed by atoms with van der Waals surface area (Å²) >= 11 is 0. The molecule has 1 N–H and O–H groups in total. The number of likely N-dealkylation sites (tertiary alicyclic amines) is 1. The second-order valence-electron chi connectivity index (χ2n) is 7.35. The molecule has 1 saturated heterocycles. The molecule has 31 heavy (non-hydrogen) atoms. The summed E-state index contributed by atoms with van der Waals surface area (Å²) in [6.45, 7) is 5.98. The zero-order chi connectivity index (χ0) is 22.1. The highest BCUT2D eigenvalue weighted by Crippen LogP contribution is 2.15. The van der Waals surface area contributed by atoms with Gasteiger partial charge in [-0.3, -0.25) is 9.59 Å². The standard InChI is InChI=1S/C24H29N3O4/c1-3-30-21-13-9-20(10-14-21)24(29)26-25-18(2)19-7-11-22(12-8-19)31-17-23(28)27-15-5-4-6-16-27/h7-14H,3-6,15-17H2,1-2H3,(H,26,29)/b25-18-. The number of nitrogens with zero attached hydrogens (tertiary/aromatic N) is 2. The summed E-state index contributed by atoms with van der Waals surface area (Å²) in [5.74, 6) is 1.08. The van der Waals surface area contributed by atoms with E-state index in [0.717, 1.165) is 37.2 Å². The van der Waals surface area contributed by atoms with E-state index in [1.165, 1.54) is 6.42 Å². The van der Waals surface area contributed by atoms with Crippen LogP contribution in [0.2, 0.25) is 0 Å². The Kier molecular flexibility index (Phi) is 8.04. The fourth-order valence-corrected chi connectivity index (χ4v) is 3.30. The fraction of sp³-hybridized carbons (Fsp3) is 0.375. The third-order valence-electron chi connectivity index (χ3n) is 5.10. The molecular weight excluding hydrogens is 394 g/mol. The molecule has 0 aromatic heterocycles. The van der Waals surface area contributed by atoms with E-state index in [-0.39, 0.29) is 18.4 Å². The van der Waals surface area contributed by atoms with Crippen LogP contribution >= 0.6 is 0 Å². The van der Waals surface area contributed by atoms with Crippen LogP contribution in [0.3, 0.4) is 0 Å². The van der Waals surface area contributed by atoms with Crippen LogP contribution in [0.15, 0.2) is 53.6 Å². The monoisotopic (exact) mass is 423 g/mol. The number of carbonyl (C=O) groups excluding carboxylic acids is 2. The lowest BCUT2D eigenvalue weighted by Crippen LogP contribution is -2.38. The van der Waals surface area contributed by atoms with Crippen molar-refractivity contribution in [2.24, 2.45) is 5.10 Å². The summed E-state index contributed by atoms with van der Waals surface area (Å²) < 4.78 is 11.0. The molecule has 0 unspecified atom stereocenters. The number of amides is 2. The van der Waals surface area contributed by atoms with Crippen molar-refractivity contribution in [3.63, 3.8) is 0 Å². The van der Waals surface area contributed by atoms with Crippen molar-refractivity contribution in [3.05, 3.63) is 59.7 Å². The first-order valence-electron chi connectivity index (χ1n) is 10.7. The van der Waals surface area contributed by atoms with E-state index < -0.39 is 0 Å². The number of hydrazone groups is 1. The first-order valence-corrected chi connectivity index (χ1v) is 10.7. The highest BCUT2D eigenvalue weighted by atomic mass is 16.5. The summed E-state index contributed by atoms with van der Waals surface area (Å²) in [5, 5.41) is 4.18. The molecule has 2 aromatic carbocycles. The zero-order valence-electron chi connectivity index (χ0n) is 18.1. The van der Waals surface area contributed by atoms with Crippen LogP contribution in [0.1, 0.15) is 49.0 Å². The van der Waals surface area contributed by atoms with E-state index in [2.05, 4.69) is 10.5 Å². The molecule has 0 radical (unpaired) electrons. The predicted molar refractivity (Wildman–Crippen MR) is 120 cm³/mol. The van der Waals surface area contributed by atoms with Gasteiger partial charge < -0.3 is 14.4 Å². The first kappa shape index (κ1) is 22.3. The summed E-state index contributed by atoms with van der Waals surface area (Å²) in [7, 11) is 0. The topological polar surface area (TPSA) is 80.2 Å². The van der Waals surface area contributed by atoms with Gasteiger partial charge in [-0.2, -0.15) is 5.10 Å². The highest BCUT2D eigenvalue weighted by molar-refractivity contribution is 6.00. The Bertz CT molecular complexity index is 901. The van der Waals surface area contributed by atoms with Crippen LogP contribution in [0.4, 0.5) is 0 Å². The molecule has 1 fully saturated rings. The zero-order valence-corrected chi connectivity index (χ0v) is 18.1. The van der Waals surface area contributed by atoms with E-state index >= 15 is 0 Å². The average Bonchev–Trinajstić information content (AvgIpc) is 2.82. The Hall–Kier alpha value is -3.35. The van der Waals surface area contributed by atoms with Gasteiger partial charge in [0.15, 0.2) is 6.61 Å². The largest absolute Gasteiger partial charge is 0.494 e. The quantitative estimate of drug-likeness (QED) is 0.519. The predicted octanol–water partition coefficient (Wildman–Crippen LogP) is 3.63. The summed E-state index contributed by atoms with van der Waals surface area (Å²) in [4.78, 5) is 26.3. The Labute approximate surface area is 183 Å². The fourth-order valence-electron chi connectivity index (χ4n) is 3.30. The number of nitrogens with one attached hydrogen (secondary N) is 1. The van der Waals surface area contributed by atoms with Gasteiger partial charge in [-0.15, -0.1) is 0 Å². The molecule has 164 valence electrons. The van der Waals surface area contributed by atoms with Crippen LogP contribution < -0.4 is 14.9 Å². The molecule has 7 nitrogen and oxygen atoms in total. The van der Waals surface area contributed by atoms with Gasteiger partial charge >= 0.3 is 0 Å². The van der Waals surface area contributed by atoms with Gasteiger partial charge in [0.1, 0.15) is 11.5 Å². The summed E-state index contributed by atoms with van der Waals surface area (Å²) in [5.41, 5.74) is 4.58. The molecular formula is C24H29N3O4. The maximum atomic E-state index is 12.3. The van der Waals surface area contributed by atoms with Gasteiger partial charge in [0.25, 0.3) is 11.8 Å². The molecule has 0 bridgehead atoms. The summed E-state index contributed by atoms with van der Waals surface area (Å²) in [6.07, 6.45) is 3.32. The number of benzene rings is 2. The third kappa shape index (κ3) is 6.57. The van der Waals surface area contributed by atoms with E-state index in [1.54, 1.807) is 36.4 Å². The van der Waals surface area contributed by atoms with E-state index in [9.17, 15) is 9.59 Å². The number of rotatable bonds is 8. The lowest BCUT2D eigenvalue weighted by Gasteiger charge is -2.26. The van der Waals surface area contributed by atoms with Crippen LogP contribution in [0, 0.1) is 0 Å². The molecule has 0 aliphatic carbocycles. The van der Waals surface area contributed by atoms with Crippen molar-refractivity contribution in [2.75, 3.05) is 26.3 Å². The number of piperidine rings is 1. The molecule has 0 saturated carbocycles. The van der Waals surface area contributed by atoms with Gasteiger partial charge in [0.2, 0.25) is 0 Å². The van der Waals surface area contributed by atoms with Gasteiger partial charge in [0, 0.05) is 18.7 Å². The Balaban J connectivity index is 1.50. The Morgan fingerprint density at radius 1 is 0.903 bits per heavy atom. The molecule has 1 aliphatic rings. The maximum absolute atomic E-state index is 12.3. The molecule has 1 aliphatic heterocycles. The minimum atomic E-state index is -0.293. The second kappa shape index (κ2) is 11.2. The molecule has 0 atom stereocenters. The van der Waals surface area contributed by atoms with Gasteiger partial charge in [-0.05, 0) is 87.2 Å². The van der Waals surface area contributed by atoms with E-state index in [1.807, 2.05) is 30.9 Å². The lowest BCUT2D eigenvalue weighted by molar-refractivity contribution is -0.134. The van der Waals surface area contributed by atoms with Gasteiger partial charge in [-0.25, -0.2) is 5.43 Å². The maximum Gasteiger partial charge on any atom is 0.271 e. The van der Waals surface area contributed by atoms with Crippen molar-refractivity contribution in [1.82, 2.24) is 10.3 Å². The molecule has 2 aromatic rings. The third-order valence-corrected chi connectivity index (χ3v) is 5.10. The number of carbonyl (C=O) groups is 2. The van der Waals surface area contributed by atoms with Crippen molar-refractivity contribution in [3.8, 4) is 11.5 Å². The van der Waals surface area contributed by atoms with Crippen molar-refractivity contribution in [1.29, 1.82) is 0 Å².